The summed E-state index contributed by atoms with van der Waals surface area (Å²) in [5.74, 6) is 0.0418. The monoisotopic (exact) mass is 473 g/mol. The topological polar surface area (TPSA) is 125 Å². The van der Waals surface area contributed by atoms with Crippen molar-refractivity contribution in [2.45, 2.75) is 17.7 Å². The van der Waals surface area contributed by atoms with Gasteiger partial charge in [0.05, 0.1) is 10.5 Å². The number of piperidine rings is 1. The predicted octanol–water partition coefficient (Wildman–Crippen LogP) is 2.52. The third-order valence-electron chi connectivity index (χ3n) is 5.47. The number of rotatable bonds is 7. The molecule has 1 aromatic carbocycles. The maximum atomic E-state index is 13.0. The molecule has 1 amide bonds. The van der Waals surface area contributed by atoms with Crippen molar-refractivity contribution in [3.63, 3.8) is 0 Å². The fourth-order valence-electron chi connectivity index (χ4n) is 3.67. The van der Waals surface area contributed by atoms with Crippen molar-refractivity contribution in [1.29, 1.82) is 0 Å². The molecule has 9 nitrogen and oxygen atoms in total. The molecule has 11 heteroatoms. The van der Waals surface area contributed by atoms with Gasteiger partial charge in [-0.3, -0.25) is 10.0 Å². The number of hydroxylamine groups is 1. The van der Waals surface area contributed by atoms with Crippen LogP contribution in [-0.2, 0) is 10.0 Å². The van der Waals surface area contributed by atoms with Gasteiger partial charge in [0.2, 0.25) is 16.0 Å². The molecular weight excluding hydrogens is 450 g/mol. The lowest BCUT2D eigenvalue weighted by atomic mass is 9.97. The number of hydrogen-bond donors (Lipinski definition) is 3. The number of carbonyl (C=O) groups excluding carboxylic acids is 1. The summed E-state index contributed by atoms with van der Waals surface area (Å²) in [6.07, 6.45) is 4.30. The van der Waals surface area contributed by atoms with E-state index in [1.807, 2.05) is 33.9 Å². The predicted molar refractivity (Wildman–Crippen MR) is 121 cm³/mol. The average molecular weight is 474 g/mol. The Morgan fingerprint density at radius 3 is 2.53 bits per heavy atom. The molecule has 0 bridgehead atoms. The van der Waals surface area contributed by atoms with E-state index in [1.54, 1.807) is 17.6 Å². The standard InChI is InChI=1S/C21H23N5O4S2/c27-20(25-28)17-12-22-21(23-13-17)26-8-5-15(6-9-26)11-24-32(29,30)19-4-2-1-3-18(19)16-7-10-31-14-16/h1-4,7,10,12-15,24,28H,5-6,8-9,11H2,(H,25,27). The van der Waals surface area contributed by atoms with Gasteiger partial charge in [-0.2, -0.15) is 11.3 Å². The molecule has 1 aliphatic rings. The molecule has 2 aromatic heterocycles. The Balaban J connectivity index is 1.35. The van der Waals surface area contributed by atoms with Crippen LogP contribution in [0.5, 0.6) is 0 Å². The molecular formula is C21H23N5O4S2. The molecule has 3 heterocycles. The number of hydrogen-bond acceptors (Lipinski definition) is 8. The van der Waals surface area contributed by atoms with Crippen LogP contribution in [0.4, 0.5) is 5.95 Å². The molecule has 0 saturated carbocycles. The molecule has 4 rings (SSSR count). The summed E-state index contributed by atoms with van der Waals surface area (Å²) in [6, 6.07) is 8.95. The number of thiophene rings is 1. The van der Waals surface area contributed by atoms with Gasteiger partial charge in [-0.05, 0) is 47.2 Å². The Hall–Kier alpha value is -2.86. The Morgan fingerprint density at radius 1 is 1.16 bits per heavy atom. The largest absolute Gasteiger partial charge is 0.341 e. The van der Waals surface area contributed by atoms with E-state index in [4.69, 9.17) is 5.21 Å². The van der Waals surface area contributed by atoms with Crippen molar-refractivity contribution in [1.82, 2.24) is 20.2 Å². The quantitative estimate of drug-likeness (QED) is 0.356. The highest BCUT2D eigenvalue weighted by Gasteiger charge is 2.25. The maximum absolute atomic E-state index is 13.0. The molecule has 32 heavy (non-hydrogen) atoms. The van der Waals surface area contributed by atoms with Crippen molar-refractivity contribution >= 4 is 33.2 Å². The van der Waals surface area contributed by atoms with Crippen molar-refractivity contribution in [3.8, 4) is 11.1 Å². The zero-order valence-electron chi connectivity index (χ0n) is 17.1. The van der Waals surface area contributed by atoms with E-state index < -0.39 is 15.9 Å². The van der Waals surface area contributed by atoms with Gasteiger partial charge in [0, 0.05) is 37.6 Å². The molecule has 0 unspecified atom stereocenters. The molecule has 0 radical (unpaired) electrons. The summed E-state index contributed by atoms with van der Waals surface area (Å²) >= 11 is 1.53. The number of sulfonamides is 1. The van der Waals surface area contributed by atoms with Gasteiger partial charge >= 0.3 is 0 Å². The van der Waals surface area contributed by atoms with Gasteiger partial charge < -0.3 is 4.90 Å². The van der Waals surface area contributed by atoms with Crippen LogP contribution < -0.4 is 15.1 Å². The minimum atomic E-state index is -3.64. The second kappa shape index (κ2) is 9.74. The van der Waals surface area contributed by atoms with E-state index in [1.165, 1.54) is 23.7 Å². The second-order valence-corrected chi connectivity index (χ2v) is 10.0. The Morgan fingerprint density at radius 2 is 1.88 bits per heavy atom. The zero-order chi connectivity index (χ0) is 22.6. The number of carbonyl (C=O) groups is 1. The fourth-order valence-corrected chi connectivity index (χ4v) is 5.67. The van der Waals surface area contributed by atoms with Crippen LogP contribution in [-0.4, -0.2) is 49.1 Å². The van der Waals surface area contributed by atoms with Crippen LogP contribution in [0.3, 0.4) is 0 Å². The Bertz CT molecular complexity index is 1160. The highest BCUT2D eigenvalue weighted by atomic mass is 32.2. The van der Waals surface area contributed by atoms with Crippen molar-refractivity contribution in [2.75, 3.05) is 24.5 Å². The normalized spacial score (nSPS) is 15.0. The van der Waals surface area contributed by atoms with Gasteiger partial charge in [0.25, 0.3) is 5.91 Å². The third-order valence-corrected chi connectivity index (χ3v) is 7.64. The Kier molecular flexibility index (Phi) is 6.80. The zero-order valence-corrected chi connectivity index (χ0v) is 18.8. The highest BCUT2D eigenvalue weighted by Crippen LogP contribution is 2.29. The smallest absolute Gasteiger partial charge is 0.277 e. The first-order valence-electron chi connectivity index (χ1n) is 10.1. The summed E-state index contributed by atoms with van der Waals surface area (Å²) in [4.78, 5) is 22.0. The van der Waals surface area contributed by atoms with Crippen molar-refractivity contribution < 1.29 is 18.4 Å². The first-order valence-corrected chi connectivity index (χ1v) is 12.5. The SMILES string of the molecule is O=C(NO)c1cnc(N2CCC(CNS(=O)(=O)c3ccccc3-c3ccsc3)CC2)nc1. The van der Waals surface area contributed by atoms with E-state index >= 15 is 0 Å². The number of benzene rings is 1. The number of amides is 1. The van der Waals surface area contributed by atoms with Crippen LogP contribution in [0, 0.1) is 5.92 Å². The summed E-state index contributed by atoms with van der Waals surface area (Å²) in [7, 11) is -3.64. The molecule has 1 fully saturated rings. The minimum absolute atomic E-state index is 0.170. The fraction of sp³-hybridized carbons (Fsp3) is 0.286. The lowest BCUT2D eigenvalue weighted by Crippen LogP contribution is -2.39. The van der Waals surface area contributed by atoms with Crippen LogP contribution >= 0.6 is 11.3 Å². The van der Waals surface area contributed by atoms with Gasteiger partial charge in [-0.1, -0.05) is 18.2 Å². The summed E-state index contributed by atoms with van der Waals surface area (Å²) in [5, 5.41) is 12.5. The van der Waals surface area contributed by atoms with E-state index in [0.29, 0.717) is 31.1 Å². The molecule has 3 N–H and O–H groups in total. The van der Waals surface area contributed by atoms with Crippen LogP contribution in [0.15, 0.2) is 58.4 Å². The van der Waals surface area contributed by atoms with E-state index in [-0.39, 0.29) is 16.4 Å². The number of anilines is 1. The van der Waals surface area contributed by atoms with Gasteiger partial charge in [-0.25, -0.2) is 28.6 Å². The molecule has 0 spiro atoms. The summed E-state index contributed by atoms with van der Waals surface area (Å²) < 4.78 is 28.8. The second-order valence-electron chi connectivity index (χ2n) is 7.50. The van der Waals surface area contributed by atoms with Gasteiger partial charge in [0.15, 0.2) is 0 Å². The summed E-state index contributed by atoms with van der Waals surface area (Å²) in [5.41, 5.74) is 3.31. The van der Waals surface area contributed by atoms with E-state index in [2.05, 4.69) is 14.7 Å². The first-order chi connectivity index (χ1) is 15.5. The molecule has 0 atom stereocenters. The molecule has 1 saturated heterocycles. The highest BCUT2D eigenvalue weighted by molar-refractivity contribution is 7.89. The molecule has 0 aliphatic carbocycles. The summed E-state index contributed by atoms with van der Waals surface area (Å²) in [6.45, 7) is 1.73. The maximum Gasteiger partial charge on any atom is 0.277 e. The molecule has 1 aliphatic heterocycles. The van der Waals surface area contributed by atoms with Crippen molar-refractivity contribution in [2.24, 2.45) is 5.92 Å². The van der Waals surface area contributed by atoms with Gasteiger partial charge in [-0.15, -0.1) is 0 Å². The lowest BCUT2D eigenvalue weighted by Gasteiger charge is -2.32. The van der Waals surface area contributed by atoms with Crippen LogP contribution in [0.2, 0.25) is 0 Å². The molecule has 168 valence electrons. The number of nitrogens with one attached hydrogen (secondary N) is 2. The van der Waals surface area contributed by atoms with Crippen molar-refractivity contribution in [3.05, 3.63) is 59.0 Å². The third kappa shape index (κ3) is 4.96. The lowest BCUT2D eigenvalue weighted by molar-refractivity contribution is 0.0705. The number of nitrogens with zero attached hydrogens (tertiary/aromatic N) is 3. The average Bonchev–Trinajstić information content (AvgIpc) is 3.38. The van der Waals surface area contributed by atoms with Crippen LogP contribution in [0.1, 0.15) is 23.2 Å². The van der Waals surface area contributed by atoms with E-state index in [0.717, 1.165) is 18.4 Å². The Labute approximate surface area is 190 Å². The molecule has 3 aromatic rings. The van der Waals surface area contributed by atoms with Crippen LogP contribution in [0.25, 0.3) is 11.1 Å². The number of aromatic nitrogens is 2. The minimum Gasteiger partial charge on any atom is -0.341 e. The first kappa shape index (κ1) is 22.3. The van der Waals surface area contributed by atoms with E-state index in [9.17, 15) is 13.2 Å². The van der Waals surface area contributed by atoms with Gasteiger partial charge in [0.1, 0.15) is 0 Å².